The van der Waals surface area contributed by atoms with E-state index >= 15 is 0 Å². The van der Waals surface area contributed by atoms with Crippen molar-refractivity contribution >= 4 is 33.3 Å². The third-order valence-corrected chi connectivity index (χ3v) is 2.92. The van der Waals surface area contributed by atoms with Gasteiger partial charge in [0, 0.05) is 16.4 Å². The molecule has 0 aromatic carbocycles. The van der Waals surface area contributed by atoms with Gasteiger partial charge in [0.1, 0.15) is 5.65 Å². The molecule has 0 spiro atoms. The molecule has 0 aliphatic carbocycles. The van der Waals surface area contributed by atoms with Gasteiger partial charge in [-0.1, -0.05) is 15.9 Å². The van der Waals surface area contributed by atoms with Crippen LogP contribution in [0.5, 0.6) is 0 Å². The van der Waals surface area contributed by atoms with Crippen LogP contribution in [-0.2, 0) is 5.75 Å². The largest absolute Gasteiger partial charge is 0.303 e. The molecule has 2 nitrogen and oxygen atoms in total. The maximum atomic E-state index is 4.32. The number of nitrogens with zero attached hydrogens (tertiary/aromatic N) is 2. The molecule has 2 rings (SSSR count). The monoisotopic (exact) mass is 256 g/mol. The summed E-state index contributed by atoms with van der Waals surface area (Å²) in [5.41, 5.74) is 2.24. The fourth-order valence-electron chi connectivity index (χ4n) is 1.26. The number of imidazole rings is 1. The van der Waals surface area contributed by atoms with Crippen molar-refractivity contribution in [1.29, 1.82) is 0 Å². The summed E-state index contributed by atoms with van der Waals surface area (Å²) in [4.78, 5) is 4.32. The van der Waals surface area contributed by atoms with E-state index < -0.39 is 0 Å². The fourth-order valence-corrected chi connectivity index (χ4v) is 2.10. The third-order valence-electron chi connectivity index (χ3n) is 1.84. The lowest BCUT2D eigenvalue weighted by atomic mass is 10.4. The van der Waals surface area contributed by atoms with Crippen LogP contribution in [0.1, 0.15) is 5.69 Å². The molecule has 0 amide bonds. The van der Waals surface area contributed by atoms with Gasteiger partial charge in [-0.15, -0.1) is 0 Å². The van der Waals surface area contributed by atoms with Crippen LogP contribution < -0.4 is 0 Å². The van der Waals surface area contributed by atoms with Gasteiger partial charge >= 0.3 is 0 Å². The summed E-state index contributed by atoms with van der Waals surface area (Å²) in [7, 11) is 0. The summed E-state index contributed by atoms with van der Waals surface area (Å²) < 4.78 is 3.18. The van der Waals surface area contributed by atoms with E-state index in [0.717, 1.165) is 15.9 Å². The lowest BCUT2D eigenvalue weighted by Gasteiger charge is -1.98. The average Bonchev–Trinajstić information content (AvgIpc) is 2.49. The second-order valence-corrected chi connectivity index (χ2v) is 4.54. The van der Waals surface area contributed by atoms with Crippen LogP contribution in [-0.4, -0.2) is 15.6 Å². The van der Waals surface area contributed by atoms with Crippen LogP contribution in [0.25, 0.3) is 5.65 Å². The number of thioether (sulfide) groups is 1. The standard InChI is InChI=1S/C9H9BrN2S/c1-13-6-8-5-11-9-4-7(10)2-3-12(8)9/h2-5H,6H2,1H3. The van der Waals surface area contributed by atoms with E-state index in [0.29, 0.717) is 0 Å². The molecule has 0 N–H and O–H groups in total. The summed E-state index contributed by atoms with van der Waals surface area (Å²) in [6.45, 7) is 0. The highest BCUT2D eigenvalue weighted by molar-refractivity contribution is 9.10. The lowest BCUT2D eigenvalue weighted by molar-refractivity contribution is 1.09. The van der Waals surface area contributed by atoms with Crippen LogP contribution in [0.2, 0.25) is 0 Å². The molecule has 0 aliphatic heterocycles. The maximum Gasteiger partial charge on any atom is 0.138 e. The van der Waals surface area contributed by atoms with Crippen molar-refractivity contribution in [3.8, 4) is 0 Å². The zero-order valence-corrected chi connectivity index (χ0v) is 9.60. The van der Waals surface area contributed by atoms with E-state index in [1.165, 1.54) is 5.69 Å². The Kier molecular flexibility index (Phi) is 2.60. The Morgan fingerprint density at radius 1 is 1.62 bits per heavy atom. The van der Waals surface area contributed by atoms with Gasteiger partial charge in [-0.25, -0.2) is 4.98 Å². The highest BCUT2D eigenvalue weighted by Crippen LogP contribution is 2.16. The van der Waals surface area contributed by atoms with Gasteiger partial charge in [-0.05, 0) is 18.4 Å². The van der Waals surface area contributed by atoms with Gasteiger partial charge < -0.3 is 4.40 Å². The van der Waals surface area contributed by atoms with Crippen molar-refractivity contribution in [3.63, 3.8) is 0 Å². The predicted octanol–water partition coefficient (Wildman–Crippen LogP) is 2.96. The summed E-state index contributed by atoms with van der Waals surface area (Å²) in [6, 6.07) is 4.04. The Labute approximate surface area is 89.5 Å². The minimum Gasteiger partial charge on any atom is -0.303 e. The van der Waals surface area contributed by atoms with Gasteiger partial charge in [-0.2, -0.15) is 11.8 Å². The first-order valence-electron chi connectivity index (χ1n) is 3.91. The van der Waals surface area contributed by atoms with Gasteiger partial charge in [0.05, 0.1) is 11.9 Å². The Hall–Kier alpha value is -0.480. The van der Waals surface area contributed by atoms with Crippen molar-refractivity contribution in [3.05, 3.63) is 34.7 Å². The van der Waals surface area contributed by atoms with Gasteiger partial charge in [0.25, 0.3) is 0 Å². The van der Waals surface area contributed by atoms with Gasteiger partial charge in [-0.3, -0.25) is 0 Å². The normalized spacial score (nSPS) is 10.9. The van der Waals surface area contributed by atoms with E-state index in [9.17, 15) is 0 Å². The maximum absolute atomic E-state index is 4.32. The van der Waals surface area contributed by atoms with Crippen molar-refractivity contribution < 1.29 is 0 Å². The first-order valence-corrected chi connectivity index (χ1v) is 6.10. The zero-order chi connectivity index (χ0) is 9.26. The Morgan fingerprint density at radius 2 is 2.46 bits per heavy atom. The van der Waals surface area contributed by atoms with Crippen LogP contribution in [0, 0.1) is 0 Å². The number of halogens is 1. The first kappa shape index (κ1) is 9.09. The van der Waals surface area contributed by atoms with Crippen molar-refractivity contribution in [1.82, 2.24) is 9.38 Å². The minimum absolute atomic E-state index is 0.999. The number of rotatable bonds is 2. The molecule has 0 aliphatic rings. The third kappa shape index (κ3) is 1.74. The fraction of sp³-hybridized carbons (Fsp3) is 0.222. The quantitative estimate of drug-likeness (QED) is 0.822. The number of pyridine rings is 1. The molecule has 0 fully saturated rings. The van der Waals surface area contributed by atoms with E-state index in [-0.39, 0.29) is 0 Å². The van der Waals surface area contributed by atoms with Crippen LogP contribution in [0.3, 0.4) is 0 Å². The molecule has 2 aromatic rings. The smallest absolute Gasteiger partial charge is 0.138 e. The summed E-state index contributed by atoms with van der Waals surface area (Å²) >= 11 is 5.23. The van der Waals surface area contributed by atoms with Crippen LogP contribution in [0.15, 0.2) is 29.0 Å². The molecular formula is C9H9BrN2S. The molecule has 68 valence electrons. The minimum atomic E-state index is 0.999. The summed E-state index contributed by atoms with van der Waals surface area (Å²) in [6.07, 6.45) is 6.06. The van der Waals surface area contributed by atoms with E-state index in [4.69, 9.17) is 0 Å². The number of hydrogen-bond acceptors (Lipinski definition) is 2. The highest BCUT2D eigenvalue weighted by Gasteiger charge is 2.01. The van der Waals surface area contributed by atoms with Crippen LogP contribution in [0.4, 0.5) is 0 Å². The topological polar surface area (TPSA) is 17.3 Å². The van der Waals surface area contributed by atoms with E-state index in [1.807, 2.05) is 24.5 Å². The highest BCUT2D eigenvalue weighted by atomic mass is 79.9. The molecule has 13 heavy (non-hydrogen) atoms. The molecule has 0 atom stereocenters. The Morgan fingerprint density at radius 3 is 3.23 bits per heavy atom. The van der Waals surface area contributed by atoms with E-state index in [1.54, 1.807) is 11.8 Å². The Balaban J connectivity index is 2.55. The molecule has 0 unspecified atom stereocenters. The molecule has 0 bridgehead atoms. The Bertz CT molecular complexity index is 424. The molecule has 0 saturated carbocycles. The zero-order valence-electron chi connectivity index (χ0n) is 7.20. The van der Waals surface area contributed by atoms with Crippen molar-refractivity contribution in [2.45, 2.75) is 5.75 Å². The average molecular weight is 257 g/mol. The molecule has 4 heteroatoms. The second kappa shape index (κ2) is 3.72. The van der Waals surface area contributed by atoms with Crippen molar-refractivity contribution in [2.75, 3.05) is 6.26 Å². The van der Waals surface area contributed by atoms with Gasteiger partial charge in [0.2, 0.25) is 0 Å². The number of aromatic nitrogens is 2. The molecule has 2 aromatic heterocycles. The molecule has 2 heterocycles. The summed E-state index contributed by atoms with van der Waals surface area (Å²) in [5.74, 6) is 1.00. The number of hydrogen-bond donors (Lipinski definition) is 0. The predicted molar refractivity (Wildman–Crippen MR) is 60.1 cm³/mol. The second-order valence-electron chi connectivity index (χ2n) is 2.76. The van der Waals surface area contributed by atoms with Crippen LogP contribution >= 0.6 is 27.7 Å². The molecular weight excluding hydrogens is 248 g/mol. The van der Waals surface area contributed by atoms with E-state index in [2.05, 4.69) is 31.6 Å². The SMILES string of the molecule is CSCc1cnc2cc(Br)ccn12. The van der Waals surface area contributed by atoms with Crippen molar-refractivity contribution in [2.24, 2.45) is 0 Å². The molecule has 0 saturated heterocycles. The number of fused-ring (bicyclic) bond motifs is 1. The summed E-state index contributed by atoms with van der Waals surface area (Å²) in [5, 5.41) is 0. The molecule has 0 radical (unpaired) electrons. The first-order chi connectivity index (χ1) is 6.31. The lowest BCUT2D eigenvalue weighted by Crippen LogP contribution is -1.89. The van der Waals surface area contributed by atoms with Gasteiger partial charge in [0.15, 0.2) is 0 Å².